The summed E-state index contributed by atoms with van der Waals surface area (Å²) in [5, 5.41) is 18.3. The number of aryl methyl sites for hydroxylation is 1. The molecule has 0 bridgehead atoms. The summed E-state index contributed by atoms with van der Waals surface area (Å²) in [7, 11) is 1.52. The average Bonchev–Trinajstić information content (AvgIpc) is 3.73. The van der Waals surface area contributed by atoms with E-state index in [1.165, 1.54) is 12.0 Å². The summed E-state index contributed by atoms with van der Waals surface area (Å²) < 4.78 is 5.56. The second kappa shape index (κ2) is 12.9. The molecule has 4 rings (SSSR count). The molecule has 1 saturated carbocycles. The third-order valence-corrected chi connectivity index (χ3v) is 8.03. The van der Waals surface area contributed by atoms with Crippen LogP contribution in [0.25, 0.3) is 0 Å². The molecule has 5 amide bonds. The number of anilines is 2. The molecule has 2 aromatic rings. The van der Waals surface area contributed by atoms with E-state index in [0.717, 1.165) is 30.4 Å². The molecule has 1 aliphatic heterocycles. The number of nitrogens with one attached hydrogen (secondary N) is 3. The molecule has 10 heteroatoms. The Balaban J connectivity index is 1.48. The smallest absolute Gasteiger partial charge is 0.328 e. The molecular weight excluding hydrogens is 522 g/mol. The van der Waals surface area contributed by atoms with E-state index in [2.05, 4.69) is 16.0 Å². The molecular formula is C31H43N5O5. The molecule has 0 radical (unpaired) electrons. The minimum absolute atomic E-state index is 0.0806. The fourth-order valence-electron chi connectivity index (χ4n) is 5.21. The van der Waals surface area contributed by atoms with Crippen molar-refractivity contribution in [3.63, 3.8) is 0 Å². The van der Waals surface area contributed by atoms with Gasteiger partial charge in [-0.25, -0.2) is 9.59 Å². The van der Waals surface area contributed by atoms with Crippen molar-refractivity contribution in [2.45, 2.75) is 77.5 Å². The van der Waals surface area contributed by atoms with Gasteiger partial charge in [-0.1, -0.05) is 37.1 Å². The number of nitrogens with zero attached hydrogens (tertiary/aromatic N) is 2. The Morgan fingerprint density at radius 3 is 2.49 bits per heavy atom. The lowest BCUT2D eigenvalue weighted by Gasteiger charge is -2.28. The van der Waals surface area contributed by atoms with Crippen LogP contribution in [0, 0.1) is 12.8 Å². The minimum atomic E-state index is -1.02. The number of urea groups is 2. The first-order valence-electron chi connectivity index (χ1n) is 14.3. The van der Waals surface area contributed by atoms with Crippen LogP contribution in [-0.4, -0.2) is 70.8 Å². The maximum atomic E-state index is 13.8. The van der Waals surface area contributed by atoms with Crippen molar-refractivity contribution in [1.82, 2.24) is 15.1 Å². The number of para-hydroxylation sites is 1. The zero-order valence-electron chi connectivity index (χ0n) is 24.7. The first-order chi connectivity index (χ1) is 19.5. The topological polar surface area (TPSA) is 123 Å². The maximum Gasteiger partial charge on any atom is 0.328 e. The van der Waals surface area contributed by atoms with Crippen LogP contribution in [0.15, 0.2) is 42.5 Å². The Morgan fingerprint density at radius 2 is 1.83 bits per heavy atom. The van der Waals surface area contributed by atoms with Gasteiger partial charge in [0, 0.05) is 31.4 Å². The number of carbonyl (C=O) groups is 3. The molecule has 2 aromatic carbocycles. The van der Waals surface area contributed by atoms with Crippen molar-refractivity contribution >= 4 is 29.3 Å². The first-order valence-corrected chi connectivity index (χ1v) is 14.3. The zero-order chi connectivity index (χ0) is 29.7. The van der Waals surface area contributed by atoms with E-state index >= 15 is 0 Å². The number of carbonyl (C=O) groups excluding carboxylic acids is 3. The van der Waals surface area contributed by atoms with Crippen LogP contribution >= 0.6 is 0 Å². The molecule has 0 aromatic heterocycles. The minimum Gasteiger partial charge on any atom is -0.495 e. The summed E-state index contributed by atoms with van der Waals surface area (Å²) in [6.45, 7) is 8.27. The third kappa shape index (κ3) is 7.18. The Labute approximate surface area is 242 Å². The monoisotopic (exact) mass is 565 g/mol. The van der Waals surface area contributed by atoms with Gasteiger partial charge >= 0.3 is 12.1 Å². The number of ether oxygens (including phenoxy) is 1. The van der Waals surface area contributed by atoms with Gasteiger partial charge in [0.2, 0.25) is 0 Å². The molecule has 1 aliphatic carbocycles. The number of aliphatic hydroxyl groups is 1. The number of rotatable bonds is 13. The van der Waals surface area contributed by atoms with Crippen LogP contribution < -0.4 is 20.7 Å². The highest BCUT2D eigenvalue weighted by atomic mass is 16.5. The van der Waals surface area contributed by atoms with Gasteiger partial charge in [-0.15, -0.1) is 0 Å². The zero-order valence-corrected chi connectivity index (χ0v) is 24.7. The summed E-state index contributed by atoms with van der Waals surface area (Å²) in [5.74, 6) is 0.770. The van der Waals surface area contributed by atoms with Gasteiger partial charge in [0.25, 0.3) is 5.91 Å². The molecule has 2 unspecified atom stereocenters. The van der Waals surface area contributed by atoms with Crippen molar-refractivity contribution in [1.29, 1.82) is 0 Å². The van der Waals surface area contributed by atoms with Crippen molar-refractivity contribution in [3.05, 3.63) is 53.6 Å². The molecule has 2 atom stereocenters. The van der Waals surface area contributed by atoms with Gasteiger partial charge in [-0.3, -0.25) is 9.69 Å². The quantitative estimate of drug-likeness (QED) is 0.261. The highest BCUT2D eigenvalue weighted by Gasteiger charge is 2.53. The number of imide groups is 1. The van der Waals surface area contributed by atoms with Crippen LogP contribution in [0.3, 0.4) is 0 Å². The normalized spacial score (nSPS) is 17.9. The molecule has 2 aliphatic rings. The fraction of sp³-hybridized carbons (Fsp3) is 0.516. The number of hydrogen-bond acceptors (Lipinski definition) is 6. The van der Waals surface area contributed by atoms with Crippen LogP contribution in [0.5, 0.6) is 5.75 Å². The Hall–Kier alpha value is -3.63. The Bertz CT molecular complexity index is 1260. The predicted octanol–water partition coefficient (Wildman–Crippen LogP) is 4.72. The second-order valence-electron chi connectivity index (χ2n) is 11.7. The van der Waals surface area contributed by atoms with Crippen molar-refractivity contribution in [2.75, 3.05) is 30.9 Å². The largest absolute Gasteiger partial charge is 0.495 e. The second-order valence-corrected chi connectivity index (χ2v) is 11.7. The summed E-state index contributed by atoms with van der Waals surface area (Å²) in [6, 6.07) is 12.0. The summed E-state index contributed by atoms with van der Waals surface area (Å²) in [4.78, 5) is 43.1. The molecule has 4 N–H and O–H groups in total. The number of hydrogen-bond donors (Lipinski definition) is 4. The van der Waals surface area contributed by atoms with Gasteiger partial charge in [-0.2, -0.15) is 0 Å². The number of methoxy groups -OCH3 is 1. The number of benzene rings is 2. The summed E-state index contributed by atoms with van der Waals surface area (Å²) in [5.41, 5.74) is 1.90. The number of amides is 5. The van der Waals surface area contributed by atoms with Crippen molar-refractivity contribution < 1.29 is 24.2 Å². The van der Waals surface area contributed by atoms with Crippen molar-refractivity contribution in [2.24, 2.45) is 5.92 Å². The van der Waals surface area contributed by atoms with Crippen LogP contribution in [0.2, 0.25) is 0 Å². The molecule has 1 saturated heterocycles. The molecule has 1 heterocycles. The van der Waals surface area contributed by atoms with E-state index in [0.29, 0.717) is 36.0 Å². The van der Waals surface area contributed by atoms with Gasteiger partial charge in [0.15, 0.2) is 0 Å². The average molecular weight is 566 g/mol. The first kappa shape index (κ1) is 30.3. The van der Waals surface area contributed by atoms with E-state index in [9.17, 15) is 19.5 Å². The highest BCUT2D eigenvalue weighted by molar-refractivity contribution is 6.07. The lowest BCUT2D eigenvalue weighted by atomic mass is 10.0. The highest BCUT2D eigenvalue weighted by Crippen LogP contribution is 2.38. The van der Waals surface area contributed by atoms with Gasteiger partial charge in [0.1, 0.15) is 11.3 Å². The Kier molecular flexibility index (Phi) is 9.55. The molecule has 41 heavy (non-hydrogen) atoms. The van der Waals surface area contributed by atoms with Crippen LogP contribution in [0.4, 0.5) is 21.0 Å². The Morgan fingerprint density at radius 1 is 1.12 bits per heavy atom. The summed E-state index contributed by atoms with van der Waals surface area (Å²) in [6.07, 6.45) is 3.62. The lowest BCUT2D eigenvalue weighted by molar-refractivity contribution is -0.133. The molecule has 0 spiro atoms. The molecule has 2 fully saturated rings. The van der Waals surface area contributed by atoms with Gasteiger partial charge in [-0.05, 0) is 75.8 Å². The van der Waals surface area contributed by atoms with E-state index in [1.807, 2.05) is 44.2 Å². The summed E-state index contributed by atoms with van der Waals surface area (Å²) >= 11 is 0. The van der Waals surface area contributed by atoms with Crippen molar-refractivity contribution in [3.8, 4) is 5.75 Å². The van der Waals surface area contributed by atoms with E-state index < -0.39 is 11.6 Å². The van der Waals surface area contributed by atoms with E-state index in [1.54, 1.807) is 30.9 Å². The standard InChI is InChI=1S/C31H43N5O5/c1-20-8-6-7-9-25(20)33-29(39)34-26-13-12-23(17-27(26)41-5)19-35-30(40)36(28(38)31(35,3)4)24(16-22-10-11-22)18-32-21(2)14-15-37/h6-9,12-13,17,21-22,24,32,37H,10-11,14-16,18-19H2,1-5H3,(H2,33,34,39). The third-order valence-electron chi connectivity index (χ3n) is 8.03. The lowest BCUT2D eigenvalue weighted by Crippen LogP contribution is -2.49. The van der Waals surface area contributed by atoms with Gasteiger partial charge < -0.3 is 30.7 Å². The van der Waals surface area contributed by atoms with Crippen LogP contribution in [-0.2, 0) is 11.3 Å². The maximum absolute atomic E-state index is 13.8. The van der Waals surface area contributed by atoms with E-state index in [-0.39, 0.29) is 37.2 Å². The SMILES string of the molecule is COc1cc(CN2C(=O)N(C(CNC(C)CCO)CC3CC3)C(=O)C2(C)C)ccc1NC(=O)Nc1ccccc1C. The van der Waals surface area contributed by atoms with Crippen LogP contribution in [0.1, 0.15) is 57.6 Å². The predicted molar refractivity (Wildman–Crippen MR) is 159 cm³/mol. The van der Waals surface area contributed by atoms with Gasteiger partial charge in [0.05, 0.1) is 18.8 Å². The van der Waals surface area contributed by atoms with E-state index in [4.69, 9.17) is 4.74 Å². The molecule has 222 valence electrons. The fourth-order valence-corrected chi connectivity index (χ4v) is 5.21. The molecule has 10 nitrogen and oxygen atoms in total. The number of aliphatic hydroxyl groups excluding tert-OH is 1.